The smallest absolute Gasteiger partial charge is 0.337 e. The highest BCUT2D eigenvalue weighted by Gasteiger charge is 2.25. The Kier molecular flexibility index (Phi) is 9.87. The lowest BCUT2D eigenvalue weighted by atomic mass is 10.1. The normalized spacial score (nSPS) is 19.5. The van der Waals surface area contributed by atoms with Gasteiger partial charge in [-0.1, -0.05) is 0 Å². The summed E-state index contributed by atoms with van der Waals surface area (Å²) < 4.78 is 10.3. The molecule has 27 heavy (non-hydrogen) atoms. The van der Waals surface area contributed by atoms with Gasteiger partial charge >= 0.3 is 5.97 Å². The Morgan fingerprint density at radius 3 is 2.37 bits per heavy atom. The van der Waals surface area contributed by atoms with Crippen LogP contribution in [0.3, 0.4) is 0 Å². The maximum atomic E-state index is 12.4. The summed E-state index contributed by atoms with van der Waals surface area (Å²) in [5, 5.41) is 3.25. The third-order valence-corrected chi connectivity index (χ3v) is 4.69. The van der Waals surface area contributed by atoms with Crippen molar-refractivity contribution >= 4 is 42.4 Å². The van der Waals surface area contributed by atoms with Gasteiger partial charge in [-0.3, -0.25) is 4.79 Å². The fourth-order valence-electron chi connectivity index (χ4n) is 3.21. The lowest BCUT2D eigenvalue weighted by molar-refractivity contribution is -0.135. The largest absolute Gasteiger partial charge is 0.465 e. The van der Waals surface area contributed by atoms with Crippen LogP contribution in [0.4, 0.5) is 5.69 Å². The number of nitrogens with zero attached hydrogens (tertiary/aromatic N) is 2. The fourth-order valence-corrected chi connectivity index (χ4v) is 3.21. The van der Waals surface area contributed by atoms with E-state index in [1.54, 1.807) is 12.1 Å². The zero-order valence-corrected chi connectivity index (χ0v) is 17.0. The number of esters is 1. The molecule has 0 spiro atoms. The molecule has 1 N–H and O–H groups in total. The second-order valence-electron chi connectivity index (χ2n) is 6.31. The van der Waals surface area contributed by atoms with Crippen molar-refractivity contribution in [3.05, 3.63) is 29.8 Å². The molecule has 1 atom stereocenters. The van der Waals surface area contributed by atoms with Crippen LogP contribution in [-0.2, 0) is 14.3 Å². The number of hydrogen-bond donors (Lipinski definition) is 1. The van der Waals surface area contributed by atoms with Crippen LogP contribution in [-0.4, -0.2) is 75.9 Å². The molecular weight excluding hydrogens is 393 g/mol. The van der Waals surface area contributed by atoms with Crippen molar-refractivity contribution in [2.45, 2.75) is 12.5 Å². The highest BCUT2D eigenvalue weighted by Crippen LogP contribution is 2.18. The van der Waals surface area contributed by atoms with Crippen LogP contribution in [0.5, 0.6) is 0 Å². The van der Waals surface area contributed by atoms with Crippen molar-refractivity contribution < 1.29 is 19.1 Å². The highest BCUT2D eigenvalue weighted by molar-refractivity contribution is 5.89. The molecule has 3 rings (SSSR count). The van der Waals surface area contributed by atoms with E-state index in [0.29, 0.717) is 31.7 Å². The predicted molar refractivity (Wildman–Crippen MR) is 108 cm³/mol. The minimum Gasteiger partial charge on any atom is -0.465 e. The van der Waals surface area contributed by atoms with Crippen LogP contribution in [0.15, 0.2) is 24.3 Å². The van der Waals surface area contributed by atoms with Gasteiger partial charge in [-0.05, 0) is 24.3 Å². The van der Waals surface area contributed by atoms with E-state index in [9.17, 15) is 9.59 Å². The first-order valence-corrected chi connectivity index (χ1v) is 8.71. The molecule has 2 fully saturated rings. The number of rotatable bonds is 4. The van der Waals surface area contributed by atoms with E-state index in [4.69, 9.17) is 9.47 Å². The number of hydrogen-bond acceptors (Lipinski definition) is 6. The Morgan fingerprint density at radius 1 is 1.15 bits per heavy atom. The van der Waals surface area contributed by atoms with Gasteiger partial charge in [0.15, 0.2) is 0 Å². The van der Waals surface area contributed by atoms with E-state index in [2.05, 4.69) is 10.2 Å². The van der Waals surface area contributed by atoms with E-state index in [1.165, 1.54) is 7.11 Å². The van der Waals surface area contributed by atoms with Crippen molar-refractivity contribution in [3.8, 4) is 0 Å². The van der Waals surface area contributed by atoms with Crippen LogP contribution in [0.25, 0.3) is 0 Å². The van der Waals surface area contributed by atoms with Crippen molar-refractivity contribution in [1.82, 2.24) is 10.2 Å². The average molecular weight is 420 g/mol. The van der Waals surface area contributed by atoms with Gasteiger partial charge < -0.3 is 24.6 Å². The maximum Gasteiger partial charge on any atom is 0.337 e. The van der Waals surface area contributed by atoms with Crippen LogP contribution in [0.1, 0.15) is 16.8 Å². The Morgan fingerprint density at radius 2 is 1.81 bits per heavy atom. The SMILES string of the molecule is COC(=O)c1ccc(N2CCN(C(=O)CC3CNCCO3)CC2)cc1.Cl.Cl. The Hall–Kier alpha value is -1.54. The first-order chi connectivity index (χ1) is 12.2. The highest BCUT2D eigenvalue weighted by atomic mass is 35.5. The molecular formula is C18H27Cl2N3O4. The third kappa shape index (κ3) is 6.24. The molecule has 0 radical (unpaired) electrons. The van der Waals surface area contributed by atoms with Gasteiger partial charge in [-0.2, -0.15) is 0 Å². The van der Waals surface area contributed by atoms with Crippen LogP contribution < -0.4 is 10.2 Å². The second kappa shape index (κ2) is 11.3. The first kappa shape index (κ1) is 23.5. The quantitative estimate of drug-likeness (QED) is 0.742. The van der Waals surface area contributed by atoms with E-state index < -0.39 is 0 Å². The zero-order valence-electron chi connectivity index (χ0n) is 15.4. The molecule has 1 aromatic carbocycles. The summed E-state index contributed by atoms with van der Waals surface area (Å²) in [7, 11) is 1.38. The number of ether oxygens (including phenoxy) is 2. The maximum absolute atomic E-state index is 12.4. The second-order valence-corrected chi connectivity index (χ2v) is 6.31. The van der Waals surface area contributed by atoms with Gasteiger partial charge in [0, 0.05) is 45.0 Å². The zero-order chi connectivity index (χ0) is 17.6. The number of carbonyl (C=O) groups is 2. The molecule has 2 heterocycles. The molecule has 2 aliphatic heterocycles. The molecule has 0 aliphatic carbocycles. The number of benzene rings is 1. The molecule has 0 aromatic heterocycles. The molecule has 9 heteroatoms. The number of nitrogens with one attached hydrogen (secondary N) is 1. The van der Waals surface area contributed by atoms with Gasteiger partial charge in [-0.15, -0.1) is 24.8 Å². The molecule has 0 saturated carbocycles. The fraction of sp³-hybridized carbons (Fsp3) is 0.556. The lowest BCUT2D eigenvalue weighted by Gasteiger charge is -2.37. The molecule has 2 aliphatic rings. The Bertz CT molecular complexity index is 601. The van der Waals surface area contributed by atoms with Gasteiger partial charge in [0.05, 0.1) is 31.8 Å². The van der Waals surface area contributed by atoms with Crippen molar-refractivity contribution in [2.24, 2.45) is 0 Å². The number of carbonyl (C=O) groups excluding carboxylic acids is 2. The third-order valence-electron chi connectivity index (χ3n) is 4.69. The minimum atomic E-state index is -0.332. The van der Waals surface area contributed by atoms with E-state index in [0.717, 1.165) is 31.9 Å². The Labute approximate surface area is 172 Å². The summed E-state index contributed by atoms with van der Waals surface area (Å²) in [6, 6.07) is 7.38. The summed E-state index contributed by atoms with van der Waals surface area (Å²) >= 11 is 0. The molecule has 1 amide bonds. The van der Waals surface area contributed by atoms with Crippen molar-refractivity contribution in [3.63, 3.8) is 0 Å². The Balaban J connectivity index is 0.00000182. The molecule has 7 nitrogen and oxygen atoms in total. The summed E-state index contributed by atoms with van der Waals surface area (Å²) in [5.74, 6) is -0.171. The molecule has 152 valence electrons. The number of methoxy groups -OCH3 is 1. The van der Waals surface area contributed by atoms with E-state index in [-0.39, 0.29) is 42.8 Å². The van der Waals surface area contributed by atoms with E-state index >= 15 is 0 Å². The predicted octanol–water partition coefficient (Wildman–Crippen LogP) is 1.34. The standard InChI is InChI=1S/C18H25N3O4.2ClH/c1-24-18(23)14-2-4-15(5-3-14)20-7-9-21(10-8-20)17(22)12-16-13-19-6-11-25-16;;/h2-5,16,19H,6-13H2,1H3;2*1H. The number of anilines is 1. The van der Waals surface area contributed by atoms with Gasteiger partial charge in [0.2, 0.25) is 5.91 Å². The van der Waals surface area contributed by atoms with Crippen LogP contribution in [0, 0.1) is 0 Å². The van der Waals surface area contributed by atoms with E-state index in [1.807, 2.05) is 17.0 Å². The van der Waals surface area contributed by atoms with Gasteiger partial charge in [0.25, 0.3) is 0 Å². The molecule has 2 saturated heterocycles. The van der Waals surface area contributed by atoms with Crippen molar-refractivity contribution in [2.75, 3.05) is 57.9 Å². The van der Waals surface area contributed by atoms with Crippen LogP contribution >= 0.6 is 24.8 Å². The van der Waals surface area contributed by atoms with Gasteiger partial charge in [0.1, 0.15) is 0 Å². The summed E-state index contributed by atoms with van der Waals surface area (Å²) in [4.78, 5) is 28.0. The molecule has 1 aromatic rings. The number of halogens is 2. The van der Waals surface area contributed by atoms with Crippen LogP contribution in [0.2, 0.25) is 0 Å². The lowest BCUT2D eigenvalue weighted by Crippen LogP contribution is -2.50. The summed E-state index contributed by atoms with van der Waals surface area (Å²) in [6.45, 7) is 5.26. The van der Waals surface area contributed by atoms with Crippen molar-refractivity contribution in [1.29, 1.82) is 0 Å². The first-order valence-electron chi connectivity index (χ1n) is 8.71. The average Bonchev–Trinajstić information content (AvgIpc) is 2.68. The molecule has 1 unspecified atom stereocenters. The monoisotopic (exact) mass is 419 g/mol. The number of piperazine rings is 1. The summed E-state index contributed by atoms with van der Waals surface area (Å²) in [5.41, 5.74) is 1.60. The number of amides is 1. The number of morpholine rings is 1. The minimum absolute atomic E-state index is 0. The summed E-state index contributed by atoms with van der Waals surface area (Å²) in [6.07, 6.45) is 0.436. The molecule has 0 bridgehead atoms. The van der Waals surface area contributed by atoms with Gasteiger partial charge in [-0.25, -0.2) is 4.79 Å². The topological polar surface area (TPSA) is 71.1 Å².